The highest BCUT2D eigenvalue weighted by Gasteiger charge is 2.30. The van der Waals surface area contributed by atoms with E-state index in [1.54, 1.807) is 4.90 Å². The molecule has 1 saturated heterocycles. The van der Waals surface area contributed by atoms with E-state index in [1.165, 1.54) is 16.6 Å². The third-order valence-corrected chi connectivity index (χ3v) is 6.90. The van der Waals surface area contributed by atoms with Crippen LogP contribution in [0.1, 0.15) is 22.5 Å². The van der Waals surface area contributed by atoms with E-state index in [4.69, 9.17) is 10.5 Å². The summed E-state index contributed by atoms with van der Waals surface area (Å²) in [5.41, 5.74) is 8.72. The highest BCUT2D eigenvalue weighted by atomic mass is 35.5. The number of nitrogens with one attached hydrogen (secondary N) is 1. The second kappa shape index (κ2) is 8.12. The summed E-state index contributed by atoms with van der Waals surface area (Å²) in [5.74, 6) is -0.259. The quantitative estimate of drug-likeness (QED) is 0.725. The molecule has 1 fully saturated rings. The van der Waals surface area contributed by atoms with Gasteiger partial charge in [-0.1, -0.05) is 6.07 Å². The van der Waals surface area contributed by atoms with Crippen molar-refractivity contribution in [1.82, 2.24) is 9.29 Å². The van der Waals surface area contributed by atoms with E-state index in [0.717, 1.165) is 24.1 Å². The van der Waals surface area contributed by atoms with Gasteiger partial charge >= 0.3 is 0 Å². The molecule has 2 aliphatic rings. The average Bonchev–Trinajstić information content (AvgIpc) is 3.19. The Morgan fingerprint density at radius 1 is 1.18 bits per heavy atom. The fourth-order valence-corrected chi connectivity index (χ4v) is 4.99. The van der Waals surface area contributed by atoms with Crippen LogP contribution in [0.3, 0.4) is 0 Å². The average molecular weight is 427 g/mol. The number of nitrogens with two attached hydrogens (primary N) is 1. The summed E-state index contributed by atoms with van der Waals surface area (Å²) in [4.78, 5) is 17.6. The van der Waals surface area contributed by atoms with Gasteiger partial charge in [0.25, 0.3) is 5.91 Å². The van der Waals surface area contributed by atoms with Crippen LogP contribution >= 0.6 is 12.4 Å². The Labute approximate surface area is 170 Å². The van der Waals surface area contributed by atoms with Crippen LogP contribution in [0.4, 0.5) is 11.4 Å². The Balaban J connectivity index is 0.00000225. The van der Waals surface area contributed by atoms with Crippen LogP contribution in [0.15, 0.2) is 35.4 Å². The number of morpholine rings is 1. The lowest BCUT2D eigenvalue weighted by molar-refractivity contribution is 0.0730. The Morgan fingerprint density at radius 2 is 1.93 bits per heavy atom. The van der Waals surface area contributed by atoms with Crippen molar-refractivity contribution in [3.63, 3.8) is 0 Å². The van der Waals surface area contributed by atoms with Crippen LogP contribution in [0.5, 0.6) is 0 Å². The minimum atomic E-state index is -3.64. The third-order valence-electron chi connectivity index (χ3n) is 5.03. The molecule has 0 spiro atoms. The number of H-pyrrole nitrogens is 1. The molecule has 0 radical (unpaired) electrons. The zero-order valence-corrected chi connectivity index (χ0v) is 16.9. The number of carbonyl (C=O) groups is 1. The van der Waals surface area contributed by atoms with Gasteiger partial charge in [-0.05, 0) is 36.6 Å². The minimum absolute atomic E-state index is 0. The lowest BCUT2D eigenvalue weighted by Gasteiger charge is -2.30. The van der Waals surface area contributed by atoms with Gasteiger partial charge in [0, 0.05) is 37.2 Å². The van der Waals surface area contributed by atoms with Crippen LogP contribution in [0.2, 0.25) is 0 Å². The number of aromatic amines is 1. The van der Waals surface area contributed by atoms with E-state index in [2.05, 4.69) is 4.98 Å². The maximum absolute atomic E-state index is 13.0. The number of anilines is 2. The molecular formula is C18H23ClN4O4S. The Morgan fingerprint density at radius 3 is 2.68 bits per heavy atom. The number of carbonyl (C=O) groups excluding carboxylic acids is 1. The van der Waals surface area contributed by atoms with Gasteiger partial charge in [-0.15, -0.1) is 12.4 Å². The van der Waals surface area contributed by atoms with Gasteiger partial charge in [-0.3, -0.25) is 4.79 Å². The van der Waals surface area contributed by atoms with E-state index in [0.29, 0.717) is 38.5 Å². The van der Waals surface area contributed by atoms with Gasteiger partial charge in [-0.25, -0.2) is 8.42 Å². The number of hydrogen-bond donors (Lipinski definition) is 2. The van der Waals surface area contributed by atoms with Gasteiger partial charge in [0.2, 0.25) is 10.0 Å². The molecule has 0 unspecified atom stereocenters. The lowest BCUT2D eigenvalue weighted by Crippen LogP contribution is -2.40. The number of hydrogen-bond acceptors (Lipinski definition) is 5. The first kappa shape index (κ1) is 20.7. The smallest absolute Gasteiger partial charge is 0.274 e. The molecule has 10 heteroatoms. The maximum atomic E-state index is 13.0. The highest BCUT2D eigenvalue weighted by Crippen LogP contribution is 2.32. The van der Waals surface area contributed by atoms with E-state index in [-0.39, 0.29) is 28.9 Å². The molecule has 1 aromatic carbocycles. The molecule has 0 aliphatic carbocycles. The summed E-state index contributed by atoms with van der Waals surface area (Å²) >= 11 is 0. The molecule has 1 amide bonds. The molecular weight excluding hydrogens is 404 g/mol. The molecule has 1 aromatic heterocycles. The fraction of sp³-hybridized carbons (Fsp3) is 0.389. The number of halogens is 1. The molecule has 0 saturated carbocycles. The molecule has 3 heterocycles. The first-order valence-corrected chi connectivity index (χ1v) is 10.4. The standard InChI is InChI=1S/C18H22N4O4S.ClH/c19-15-4-1-5-17-14(15)3-2-6-22(17)18(23)16-11-13(12-20-16)27(24,25)21-7-9-26-10-8-21;/h1,4-5,11-12,20H,2-3,6-10,19H2;1H. The summed E-state index contributed by atoms with van der Waals surface area (Å²) in [6.45, 7) is 1.95. The second-order valence-electron chi connectivity index (χ2n) is 6.67. The largest absolute Gasteiger partial charge is 0.398 e. The van der Waals surface area contributed by atoms with E-state index in [1.807, 2.05) is 18.2 Å². The molecule has 0 atom stereocenters. The van der Waals surface area contributed by atoms with Gasteiger partial charge in [0.05, 0.1) is 13.2 Å². The topological polar surface area (TPSA) is 109 Å². The predicted octanol–water partition coefficient (Wildman–Crippen LogP) is 1.63. The van der Waals surface area contributed by atoms with Crippen LogP contribution in [0.25, 0.3) is 0 Å². The van der Waals surface area contributed by atoms with E-state index in [9.17, 15) is 13.2 Å². The van der Waals surface area contributed by atoms with Gasteiger partial charge in [-0.2, -0.15) is 4.31 Å². The highest BCUT2D eigenvalue weighted by molar-refractivity contribution is 7.89. The molecule has 8 nitrogen and oxygen atoms in total. The van der Waals surface area contributed by atoms with Crippen molar-refractivity contribution in [2.75, 3.05) is 43.5 Å². The second-order valence-corrected chi connectivity index (χ2v) is 8.61. The molecule has 3 N–H and O–H groups in total. The van der Waals surface area contributed by atoms with Crippen molar-refractivity contribution in [2.24, 2.45) is 0 Å². The molecule has 4 rings (SSSR count). The SMILES string of the molecule is Cl.Nc1cccc2c1CCCN2C(=O)c1cc(S(=O)(=O)N2CCOCC2)c[nH]1. The molecule has 28 heavy (non-hydrogen) atoms. The molecule has 152 valence electrons. The van der Waals surface area contributed by atoms with Crippen molar-refractivity contribution in [2.45, 2.75) is 17.7 Å². The lowest BCUT2D eigenvalue weighted by atomic mass is 9.99. The first-order valence-electron chi connectivity index (χ1n) is 8.94. The summed E-state index contributed by atoms with van der Waals surface area (Å²) < 4.78 is 32.1. The van der Waals surface area contributed by atoms with Crippen LogP contribution in [0, 0.1) is 0 Å². The van der Waals surface area contributed by atoms with Crippen molar-refractivity contribution < 1.29 is 17.9 Å². The normalized spacial score (nSPS) is 17.6. The monoisotopic (exact) mass is 426 g/mol. The predicted molar refractivity (Wildman–Crippen MR) is 108 cm³/mol. The number of fused-ring (bicyclic) bond motifs is 1. The summed E-state index contributed by atoms with van der Waals surface area (Å²) in [6.07, 6.45) is 3.02. The van der Waals surface area contributed by atoms with Crippen LogP contribution < -0.4 is 10.6 Å². The number of ether oxygens (including phenoxy) is 1. The number of nitrogens with zero attached hydrogens (tertiary/aromatic N) is 2. The van der Waals surface area contributed by atoms with E-state index < -0.39 is 10.0 Å². The van der Waals surface area contributed by atoms with Crippen molar-refractivity contribution in [3.8, 4) is 0 Å². The van der Waals surface area contributed by atoms with Crippen LogP contribution in [-0.2, 0) is 21.2 Å². The Kier molecular flexibility index (Phi) is 5.99. The van der Waals surface area contributed by atoms with Crippen molar-refractivity contribution in [3.05, 3.63) is 41.7 Å². The molecule has 2 aliphatic heterocycles. The molecule has 0 bridgehead atoms. The summed E-state index contributed by atoms with van der Waals surface area (Å²) in [6, 6.07) is 6.93. The summed E-state index contributed by atoms with van der Waals surface area (Å²) in [7, 11) is -3.64. The number of amides is 1. The maximum Gasteiger partial charge on any atom is 0.274 e. The van der Waals surface area contributed by atoms with Crippen molar-refractivity contribution in [1.29, 1.82) is 0 Å². The van der Waals surface area contributed by atoms with E-state index >= 15 is 0 Å². The number of benzene rings is 1. The number of nitrogen functional groups attached to an aromatic ring is 1. The summed E-state index contributed by atoms with van der Waals surface area (Å²) in [5, 5.41) is 0. The molecule has 2 aromatic rings. The zero-order valence-electron chi connectivity index (χ0n) is 15.3. The van der Waals surface area contributed by atoms with Gasteiger partial charge in [0.1, 0.15) is 10.6 Å². The fourth-order valence-electron chi connectivity index (χ4n) is 3.59. The number of aromatic nitrogens is 1. The first-order chi connectivity index (χ1) is 13.0. The number of rotatable bonds is 3. The Hall–Kier alpha value is -2.07. The third kappa shape index (κ3) is 3.62. The Bertz CT molecular complexity index is 970. The zero-order chi connectivity index (χ0) is 19.0. The van der Waals surface area contributed by atoms with Crippen molar-refractivity contribution >= 4 is 39.7 Å². The number of sulfonamides is 1. The minimum Gasteiger partial charge on any atom is -0.398 e. The van der Waals surface area contributed by atoms with Gasteiger partial charge < -0.3 is 20.4 Å². The van der Waals surface area contributed by atoms with Crippen LogP contribution in [-0.4, -0.2) is 56.5 Å². The van der Waals surface area contributed by atoms with Gasteiger partial charge in [0.15, 0.2) is 0 Å².